The number of carbonyl (C=O) groups is 5. The molecule has 2 heterocycles. The maximum absolute atomic E-state index is 13.3. The zero-order valence-electron chi connectivity index (χ0n) is 37.2. The number of anilines is 1. The molecule has 0 unspecified atom stereocenters. The van der Waals surface area contributed by atoms with E-state index in [0.29, 0.717) is 61.8 Å². The van der Waals surface area contributed by atoms with Crippen molar-refractivity contribution in [2.75, 3.05) is 32.1 Å². The van der Waals surface area contributed by atoms with Crippen molar-refractivity contribution in [2.45, 2.75) is 13.5 Å². The topological polar surface area (TPSA) is 249 Å². The molecule has 346 valence electrons. The van der Waals surface area contributed by atoms with Gasteiger partial charge in [0.25, 0.3) is 5.91 Å². The van der Waals surface area contributed by atoms with E-state index in [4.69, 9.17) is 8.83 Å². The Hall–Kier alpha value is -9.31. The first kappa shape index (κ1) is 46.2. The number of rotatable bonds is 14. The number of phenols is 1. The molecule has 0 bridgehead atoms. The quantitative estimate of drug-likeness (QED) is 0.0344. The largest absolute Gasteiger partial charge is 0.507 e. The number of aromatic carboxylic acids is 3. The van der Waals surface area contributed by atoms with Gasteiger partial charge < -0.3 is 44.8 Å². The summed E-state index contributed by atoms with van der Waals surface area (Å²) in [7, 11) is 3.81. The number of allylic oxidation sites excluding steroid dienone is 2. The Balaban J connectivity index is 0.983. The Morgan fingerprint density at radius 3 is 1.99 bits per heavy atom. The molecule has 2 aliphatic carbocycles. The number of benzene rings is 6. The van der Waals surface area contributed by atoms with Gasteiger partial charge in [-0.1, -0.05) is 30.4 Å². The molecule has 0 radical (unpaired) electrons. The van der Waals surface area contributed by atoms with E-state index >= 15 is 0 Å². The number of phenolic OH excluding ortho intramolecular Hbond substituents is 1. The number of hydrogen-bond acceptors (Lipinski definition) is 11. The van der Waals surface area contributed by atoms with Gasteiger partial charge in [-0.3, -0.25) is 19.4 Å². The van der Waals surface area contributed by atoms with Crippen LogP contribution in [0.25, 0.3) is 66.8 Å². The van der Waals surface area contributed by atoms with Crippen molar-refractivity contribution in [1.29, 1.82) is 0 Å². The summed E-state index contributed by atoms with van der Waals surface area (Å²) in [5, 5.41) is 48.1. The van der Waals surface area contributed by atoms with Crippen LogP contribution in [0.5, 0.6) is 5.75 Å². The lowest BCUT2D eigenvalue weighted by atomic mass is 9.89. The van der Waals surface area contributed by atoms with Gasteiger partial charge in [0.2, 0.25) is 5.91 Å². The van der Waals surface area contributed by atoms with Crippen LogP contribution in [-0.4, -0.2) is 77.3 Å². The highest BCUT2D eigenvalue weighted by molar-refractivity contribution is 6.11. The van der Waals surface area contributed by atoms with Crippen LogP contribution in [0.2, 0.25) is 0 Å². The van der Waals surface area contributed by atoms with Crippen molar-refractivity contribution in [2.24, 2.45) is 4.99 Å². The second-order valence-corrected chi connectivity index (χ2v) is 15.9. The van der Waals surface area contributed by atoms with Gasteiger partial charge >= 0.3 is 17.9 Å². The van der Waals surface area contributed by atoms with Gasteiger partial charge in [-0.15, -0.1) is 0 Å². The van der Waals surface area contributed by atoms with Crippen molar-refractivity contribution >= 4 is 57.3 Å². The lowest BCUT2D eigenvalue weighted by Gasteiger charge is -2.19. The SMILES string of the molecule is CCN=c1ccc2c(-c3ccc(C(=O)NCC=CC=CC(=O)NCc4c(O)ccc5c(-c6ccc(C(=O)O)cc6C(=O)O)c6ccc(=O)cc-6oc45)cc3C(=O)O)c3ccc(N(C)C)cc3oc-2c1. The third-order valence-corrected chi connectivity index (χ3v) is 11.3. The summed E-state index contributed by atoms with van der Waals surface area (Å²) in [5.41, 5.74) is 3.11. The molecule has 0 saturated heterocycles. The number of carboxylic acid groups (broad SMARTS) is 3. The van der Waals surface area contributed by atoms with Crippen LogP contribution in [0, 0.1) is 0 Å². The summed E-state index contributed by atoms with van der Waals surface area (Å²) in [5.74, 6) is -4.76. The van der Waals surface area contributed by atoms with E-state index < -0.39 is 35.2 Å². The third kappa shape index (κ3) is 9.40. The summed E-state index contributed by atoms with van der Waals surface area (Å²) >= 11 is 0. The standard InChI is InChI=1S/C53H42N4O12/c1-4-54-30-11-16-35-43(24-30)68-44-25-31(57(2)3)12-17-36(44)47(35)33-14-9-28(22-39(33)52(64)65)50(61)55-21-7-5-6-8-46(60)56-27-41-42(59)20-19-38-48(37-18-13-32(58)26-45(37)69-49(38)41)34-15-10-29(51(62)63)23-40(34)53(66)67/h5-20,22-26,59H,4,21,27H2,1-3H3,(H,55,61)(H,56,60)(H,62,63)(H,64,65)(H,66,67). The number of nitrogens with zero attached hydrogens (tertiary/aromatic N) is 2. The number of hydrogen-bond donors (Lipinski definition) is 6. The molecule has 6 N–H and O–H groups in total. The van der Waals surface area contributed by atoms with Crippen LogP contribution >= 0.6 is 0 Å². The van der Waals surface area contributed by atoms with Gasteiger partial charge in [0.15, 0.2) is 5.43 Å². The molecule has 0 fully saturated rings. The van der Waals surface area contributed by atoms with E-state index in [0.717, 1.165) is 11.8 Å². The normalized spacial score (nSPS) is 11.8. The van der Waals surface area contributed by atoms with Gasteiger partial charge in [-0.25, -0.2) is 14.4 Å². The number of carboxylic acids is 3. The minimum atomic E-state index is -1.40. The zero-order valence-corrected chi connectivity index (χ0v) is 37.2. The zero-order chi connectivity index (χ0) is 49.1. The summed E-state index contributed by atoms with van der Waals surface area (Å²) in [6.07, 6.45) is 5.71. The number of carbonyl (C=O) groups excluding carboxylic acids is 2. The molecule has 0 spiro atoms. The molecule has 0 aromatic heterocycles. The molecule has 16 nitrogen and oxygen atoms in total. The van der Waals surface area contributed by atoms with E-state index in [9.17, 15) is 49.2 Å². The van der Waals surface area contributed by atoms with Crippen molar-refractivity contribution in [3.05, 3.63) is 171 Å². The fourth-order valence-electron chi connectivity index (χ4n) is 8.09. The van der Waals surface area contributed by atoms with Crippen LogP contribution < -0.4 is 26.3 Å². The molecular weight excluding hydrogens is 885 g/mol. The Morgan fingerprint density at radius 2 is 1.30 bits per heavy atom. The van der Waals surface area contributed by atoms with Gasteiger partial charge in [-0.2, -0.15) is 0 Å². The van der Waals surface area contributed by atoms with E-state index in [-0.39, 0.29) is 63.6 Å². The maximum Gasteiger partial charge on any atom is 0.336 e. The van der Waals surface area contributed by atoms with E-state index in [1.165, 1.54) is 66.8 Å². The number of nitrogens with one attached hydrogen (secondary N) is 2. The van der Waals surface area contributed by atoms with E-state index in [1.807, 2.05) is 62.3 Å². The molecule has 0 atom stereocenters. The molecule has 0 saturated carbocycles. The predicted molar refractivity (Wildman–Crippen MR) is 258 cm³/mol. The highest BCUT2D eigenvalue weighted by atomic mass is 16.4. The summed E-state index contributed by atoms with van der Waals surface area (Å²) in [4.78, 5) is 82.0. The van der Waals surface area contributed by atoms with E-state index in [1.54, 1.807) is 18.2 Å². The second-order valence-electron chi connectivity index (χ2n) is 15.9. The predicted octanol–water partition coefficient (Wildman–Crippen LogP) is 8.03. The molecular formula is C53H42N4O12. The van der Waals surface area contributed by atoms with Crippen LogP contribution in [0.15, 0.2) is 146 Å². The highest BCUT2D eigenvalue weighted by Crippen LogP contribution is 2.45. The van der Waals surface area contributed by atoms with Crippen LogP contribution in [0.3, 0.4) is 0 Å². The Kier molecular flexibility index (Phi) is 12.9. The van der Waals surface area contributed by atoms with Gasteiger partial charge in [0.1, 0.15) is 28.4 Å². The highest BCUT2D eigenvalue weighted by Gasteiger charge is 2.26. The second kappa shape index (κ2) is 19.3. The average Bonchev–Trinajstić information content (AvgIpc) is 3.32. The Labute approximate surface area is 392 Å². The van der Waals surface area contributed by atoms with E-state index in [2.05, 4.69) is 15.6 Å². The molecule has 16 heteroatoms. The van der Waals surface area contributed by atoms with Gasteiger partial charge in [0.05, 0.1) is 34.2 Å². The first-order valence-electron chi connectivity index (χ1n) is 21.4. The van der Waals surface area contributed by atoms with Crippen molar-refractivity contribution in [3.63, 3.8) is 0 Å². The monoisotopic (exact) mass is 926 g/mol. The summed E-state index contributed by atoms with van der Waals surface area (Å²) in [6.45, 7) is 2.26. The van der Waals surface area contributed by atoms with Crippen LogP contribution in [0.1, 0.15) is 53.9 Å². The smallest absolute Gasteiger partial charge is 0.336 e. The Morgan fingerprint density at radius 1 is 0.667 bits per heavy atom. The van der Waals surface area contributed by atoms with Crippen molar-refractivity contribution in [3.8, 4) is 50.7 Å². The van der Waals surface area contributed by atoms with Crippen molar-refractivity contribution < 1.29 is 53.2 Å². The fourth-order valence-corrected chi connectivity index (χ4v) is 8.09. The molecule has 4 aromatic rings. The lowest BCUT2D eigenvalue weighted by molar-refractivity contribution is -0.116. The number of fused-ring (bicyclic) bond motifs is 4. The minimum Gasteiger partial charge on any atom is -0.507 e. The molecule has 4 aromatic carbocycles. The Bertz CT molecular complexity index is 3550. The molecule has 8 rings (SSSR count). The first-order valence-corrected chi connectivity index (χ1v) is 21.4. The van der Waals surface area contributed by atoms with Crippen LogP contribution in [0.4, 0.5) is 5.69 Å². The number of amides is 2. The molecule has 69 heavy (non-hydrogen) atoms. The molecule has 2 amide bonds. The van der Waals surface area contributed by atoms with Crippen LogP contribution in [-0.2, 0) is 11.3 Å². The van der Waals surface area contributed by atoms with Gasteiger partial charge in [0, 0.05) is 95.7 Å². The molecule has 4 aliphatic rings. The number of aromatic hydroxyl groups is 1. The lowest BCUT2D eigenvalue weighted by Crippen LogP contribution is -2.23. The first-order chi connectivity index (χ1) is 33.1. The third-order valence-electron chi connectivity index (χ3n) is 11.3. The maximum atomic E-state index is 13.3. The summed E-state index contributed by atoms with van der Waals surface area (Å²) < 4.78 is 12.5. The fraction of sp³-hybridized carbons (Fsp3) is 0.113. The van der Waals surface area contributed by atoms with Gasteiger partial charge in [-0.05, 0) is 90.8 Å². The molecule has 2 aliphatic heterocycles. The minimum absolute atomic E-state index is 0.0269. The summed E-state index contributed by atoms with van der Waals surface area (Å²) in [6, 6.07) is 26.1. The average molecular weight is 927 g/mol. The van der Waals surface area contributed by atoms with Crippen molar-refractivity contribution in [1.82, 2.24) is 10.6 Å².